The molecule has 0 spiro atoms. The maximum atomic E-state index is 3.25. The molecule has 0 aromatic rings. The van der Waals surface area contributed by atoms with Gasteiger partial charge in [-0.05, 0) is 0 Å². The van der Waals surface area contributed by atoms with Gasteiger partial charge in [-0.3, -0.25) is 0 Å². The summed E-state index contributed by atoms with van der Waals surface area (Å²) in [5, 5.41) is 0. The molecule has 0 bridgehead atoms. The van der Waals surface area contributed by atoms with Gasteiger partial charge in [0.1, 0.15) is 0 Å². The van der Waals surface area contributed by atoms with E-state index in [1.54, 1.807) is 6.92 Å². The van der Waals surface area contributed by atoms with Crippen LogP contribution in [-0.4, -0.2) is 0 Å². The summed E-state index contributed by atoms with van der Waals surface area (Å²) in [4.78, 5) is 0. The Bertz CT molecular complexity index is 8.50. The molecular formula is C2H5Y13-. The summed E-state index contributed by atoms with van der Waals surface area (Å²) in [6.07, 6.45) is 0. The van der Waals surface area contributed by atoms with E-state index in [0.717, 1.165) is 0 Å². The summed E-state index contributed by atoms with van der Waals surface area (Å²) in [6, 6.07) is 0. The van der Waals surface area contributed by atoms with Crippen molar-refractivity contribution >= 4 is 0 Å². The average molecular weight is 1180 g/mol. The summed E-state index contributed by atoms with van der Waals surface area (Å²) in [5.41, 5.74) is 0. The van der Waals surface area contributed by atoms with Gasteiger partial charge in [0, 0.05) is 425 Å². The van der Waals surface area contributed by atoms with Crippen molar-refractivity contribution in [3.63, 3.8) is 0 Å². The molecule has 0 aromatic carbocycles. The first-order chi connectivity index (χ1) is 1.00. The van der Waals surface area contributed by atoms with Gasteiger partial charge in [0.2, 0.25) is 0 Å². The van der Waals surface area contributed by atoms with Crippen LogP contribution in [0.1, 0.15) is 6.92 Å². The van der Waals surface area contributed by atoms with E-state index >= 15 is 0 Å². The van der Waals surface area contributed by atoms with Gasteiger partial charge in [-0.15, -0.1) is 0 Å². The molecule has 0 N–H and O–H groups in total. The van der Waals surface area contributed by atoms with Gasteiger partial charge in [0.25, 0.3) is 0 Å². The van der Waals surface area contributed by atoms with Gasteiger partial charge in [0.15, 0.2) is 0 Å². The van der Waals surface area contributed by atoms with E-state index in [2.05, 4.69) is 6.92 Å². The summed E-state index contributed by atoms with van der Waals surface area (Å²) in [5.74, 6) is 0. The maximum Gasteiger partial charge on any atom is 0 e. The molecule has 0 aliphatic rings. The van der Waals surface area contributed by atoms with Crippen molar-refractivity contribution in [3.8, 4) is 0 Å². The molecule has 0 unspecified atom stereocenters. The molecule has 53 valence electrons. The second-order valence-electron chi connectivity index (χ2n) is 0. The molecule has 0 rings (SSSR count). The van der Waals surface area contributed by atoms with Crippen molar-refractivity contribution < 1.29 is 425 Å². The first kappa shape index (κ1) is 100. The third kappa shape index (κ3) is 95.6. The third-order valence-corrected chi connectivity index (χ3v) is 0. The Labute approximate surface area is 423 Å². The van der Waals surface area contributed by atoms with Gasteiger partial charge in [-0.1, -0.05) is 0 Å². The van der Waals surface area contributed by atoms with Gasteiger partial charge in [0.05, 0.1) is 0 Å². The molecule has 0 saturated carbocycles. The minimum Gasteiger partial charge on any atom is -0.346 e. The molecule has 15 heavy (non-hydrogen) atoms. The van der Waals surface area contributed by atoms with Crippen LogP contribution in [0, 0.1) is 6.92 Å². The standard InChI is InChI=1S/C2H5.13Y/c1-2;;;;;;;;;;;;;/h1H2,2H3;;;;;;;;;;;;;/q-1;;;;;;;;;;;;;. The fourth-order valence-electron chi connectivity index (χ4n) is 0. The topological polar surface area (TPSA) is 0 Å². The van der Waals surface area contributed by atoms with Gasteiger partial charge in [-0.25, -0.2) is 0 Å². The summed E-state index contributed by atoms with van der Waals surface area (Å²) in [6.45, 7) is 5.00. The van der Waals surface area contributed by atoms with Crippen LogP contribution in [0.4, 0.5) is 0 Å². The van der Waals surface area contributed by atoms with Crippen LogP contribution in [0.5, 0.6) is 0 Å². The fourth-order valence-corrected chi connectivity index (χ4v) is 0. The van der Waals surface area contributed by atoms with Crippen LogP contribution in [0.15, 0.2) is 0 Å². The van der Waals surface area contributed by atoms with Gasteiger partial charge in [-0.2, -0.15) is 6.92 Å². The first-order valence-corrected chi connectivity index (χ1v) is 0.707. The minimum atomic E-state index is 0. The molecule has 0 aromatic heterocycles. The first-order valence-electron chi connectivity index (χ1n) is 0.707. The minimum absolute atomic E-state index is 0. The second-order valence-corrected chi connectivity index (χ2v) is 0. The molecular weight excluding hydrogens is 1180 g/mol. The maximum absolute atomic E-state index is 3.25. The van der Waals surface area contributed by atoms with E-state index in [9.17, 15) is 0 Å². The number of hydrogen-bond acceptors (Lipinski definition) is 0. The molecule has 13 radical (unpaired) electrons. The molecule has 0 aliphatic heterocycles. The largest absolute Gasteiger partial charge is 0.346 e. The van der Waals surface area contributed by atoms with E-state index < -0.39 is 0 Å². The monoisotopic (exact) mass is 1180 g/mol. The molecule has 0 heterocycles. The van der Waals surface area contributed by atoms with E-state index in [-0.39, 0.29) is 425 Å². The van der Waals surface area contributed by atoms with Crippen molar-refractivity contribution in [3.05, 3.63) is 6.92 Å². The Morgan fingerprint density at radius 1 is 0.267 bits per heavy atom. The quantitative estimate of drug-likeness (QED) is 0.316. The van der Waals surface area contributed by atoms with E-state index in [0.29, 0.717) is 0 Å². The Morgan fingerprint density at radius 2 is 0.267 bits per heavy atom. The molecule has 0 fully saturated rings. The number of rotatable bonds is 0. The normalized spacial score (nSPS) is 0.400. The average Bonchev–Trinajstić information content (AvgIpc) is 1.00. The molecule has 0 atom stereocenters. The fraction of sp³-hybridized carbons (Fsp3) is 0.500. The summed E-state index contributed by atoms with van der Waals surface area (Å²) >= 11 is 0. The van der Waals surface area contributed by atoms with Crippen molar-refractivity contribution in [2.24, 2.45) is 0 Å². The predicted octanol–water partition coefficient (Wildman–Crippen LogP) is 0.808. The second kappa shape index (κ2) is 103. The Kier molecular flexibility index (Phi) is 687. The zero-order chi connectivity index (χ0) is 2.00. The summed E-state index contributed by atoms with van der Waals surface area (Å²) < 4.78 is 0. The molecule has 13 heteroatoms. The molecule has 0 aliphatic carbocycles. The SMILES string of the molecule is [CH2-]C.[Y].[Y].[Y].[Y].[Y].[Y].[Y].[Y].[Y].[Y].[Y].[Y].[Y]. The number of hydrogen-bond donors (Lipinski definition) is 0. The molecule has 0 nitrogen and oxygen atoms in total. The van der Waals surface area contributed by atoms with E-state index in [4.69, 9.17) is 0 Å². The summed E-state index contributed by atoms with van der Waals surface area (Å²) in [7, 11) is 0. The molecule has 0 saturated heterocycles. The third-order valence-electron chi connectivity index (χ3n) is 0. The smallest absolute Gasteiger partial charge is 0 e. The van der Waals surface area contributed by atoms with Crippen LogP contribution in [0.3, 0.4) is 0 Å². The van der Waals surface area contributed by atoms with Crippen LogP contribution in [0.2, 0.25) is 0 Å². The van der Waals surface area contributed by atoms with Crippen molar-refractivity contribution in [1.82, 2.24) is 0 Å². The zero-order valence-corrected chi connectivity index (χ0v) is 46.1. The van der Waals surface area contributed by atoms with Crippen molar-refractivity contribution in [1.29, 1.82) is 0 Å². The Morgan fingerprint density at radius 3 is 0.267 bits per heavy atom. The van der Waals surface area contributed by atoms with Crippen LogP contribution in [0.25, 0.3) is 0 Å². The Hall–Kier alpha value is 14.4. The molecule has 0 amide bonds. The van der Waals surface area contributed by atoms with Gasteiger partial charge < -0.3 is 6.92 Å². The van der Waals surface area contributed by atoms with E-state index in [1.165, 1.54) is 0 Å². The van der Waals surface area contributed by atoms with Crippen LogP contribution < -0.4 is 0 Å². The van der Waals surface area contributed by atoms with Crippen molar-refractivity contribution in [2.75, 3.05) is 0 Å². The van der Waals surface area contributed by atoms with E-state index in [1.807, 2.05) is 0 Å². The predicted molar refractivity (Wildman–Crippen MR) is 11.0 cm³/mol. The van der Waals surface area contributed by atoms with Crippen LogP contribution >= 0.6 is 0 Å². The zero-order valence-electron chi connectivity index (χ0n) is 9.21. The van der Waals surface area contributed by atoms with Gasteiger partial charge >= 0.3 is 0 Å². The van der Waals surface area contributed by atoms with Crippen LogP contribution in [-0.2, 0) is 425 Å². The Balaban J connectivity index is -0.0000000000641. The van der Waals surface area contributed by atoms with Crippen molar-refractivity contribution in [2.45, 2.75) is 6.92 Å².